The van der Waals surface area contributed by atoms with E-state index in [-0.39, 0.29) is 5.82 Å². The van der Waals surface area contributed by atoms with Crippen molar-refractivity contribution in [3.8, 4) is 5.75 Å². The number of nitrogens with one attached hydrogen (secondary N) is 1. The number of halogens is 1. The van der Waals surface area contributed by atoms with Gasteiger partial charge in [0, 0.05) is 18.0 Å². The number of nitrogens with zero attached hydrogens (tertiary/aromatic N) is 1. The van der Waals surface area contributed by atoms with Crippen molar-refractivity contribution >= 4 is 16.6 Å². The average molecular weight is 288 g/mol. The fourth-order valence-corrected chi connectivity index (χ4v) is 2.86. The molecule has 0 bridgehead atoms. The van der Waals surface area contributed by atoms with Crippen LogP contribution < -0.4 is 10.1 Å². The first kappa shape index (κ1) is 12.8. The largest absolute Gasteiger partial charge is 0.496 e. The van der Waals surface area contributed by atoms with Crippen molar-refractivity contribution in [1.29, 1.82) is 0 Å². The molecule has 2 aromatic rings. The summed E-state index contributed by atoms with van der Waals surface area (Å²) < 4.78 is 25.2. The van der Waals surface area contributed by atoms with Crippen LogP contribution in [0.4, 0.5) is 10.1 Å². The van der Waals surface area contributed by atoms with Gasteiger partial charge in [-0.1, -0.05) is 0 Å². The summed E-state index contributed by atoms with van der Waals surface area (Å²) in [6, 6.07) is 3.54. The number of benzene rings is 1. The van der Waals surface area contributed by atoms with Crippen LogP contribution in [0.5, 0.6) is 5.75 Å². The van der Waals surface area contributed by atoms with Crippen molar-refractivity contribution in [3.63, 3.8) is 0 Å². The Hall–Kier alpha value is -1.88. The summed E-state index contributed by atoms with van der Waals surface area (Å²) in [6.07, 6.45) is 3.02. The highest BCUT2D eigenvalue weighted by molar-refractivity contribution is 5.99. The van der Waals surface area contributed by atoms with Crippen LogP contribution in [0, 0.1) is 5.82 Å². The molecule has 0 unspecified atom stereocenters. The van der Waals surface area contributed by atoms with E-state index in [1.807, 2.05) is 0 Å². The summed E-state index contributed by atoms with van der Waals surface area (Å²) in [4.78, 5) is 4.54. The van der Waals surface area contributed by atoms with Crippen LogP contribution in [0.3, 0.4) is 0 Å². The normalized spacial score (nSPS) is 17.6. The standard InChI is InChI=1S/C16H17FN2O2/c1-20-13-5-4-11(17)16-14(13)15(18-9-2-3-9)10-8-21-7-6-12(10)19-16/h4-5,9H,2-3,6-8H2,1H3,(H,18,19). The minimum atomic E-state index is -0.307. The lowest BCUT2D eigenvalue weighted by molar-refractivity contribution is 0.110. The van der Waals surface area contributed by atoms with E-state index in [1.54, 1.807) is 13.2 Å². The van der Waals surface area contributed by atoms with Crippen molar-refractivity contribution < 1.29 is 13.9 Å². The molecule has 1 fully saturated rings. The first-order valence-corrected chi connectivity index (χ1v) is 7.30. The Morgan fingerprint density at radius 1 is 1.38 bits per heavy atom. The topological polar surface area (TPSA) is 43.4 Å². The first-order chi connectivity index (χ1) is 10.3. The number of hydrogen-bond donors (Lipinski definition) is 1. The molecule has 110 valence electrons. The van der Waals surface area contributed by atoms with Gasteiger partial charge >= 0.3 is 0 Å². The lowest BCUT2D eigenvalue weighted by atomic mass is 10.0. The molecular weight excluding hydrogens is 271 g/mol. The summed E-state index contributed by atoms with van der Waals surface area (Å²) in [5.74, 6) is 0.342. The molecule has 1 aliphatic carbocycles. The van der Waals surface area contributed by atoms with E-state index in [9.17, 15) is 4.39 Å². The van der Waals surface area contributed by atoms with Gasteiger partial charge in [0.2, 0.25) is 0 Å². The Morgan fingerprint density at radius 2 is 2.24 bits per heavy atom. The van der Waals surface area contributed by atoms with Gasteiger partial charge in [0.15, 0.2) is 0 Å². The first-order valence-electron chi connectivity index (χ1n) is 7.30. The summed E-state index contributed by atoms with van der Waals surface area (Å²) >= 11 is 0. The smallest absolute Gasteiger partial charge is 0.149 e. The molecule has 1 saturated carbocycles. The molecule has 2 aliphatic rings. The highest BCUT2D eigenvalue weighted by Crippen LogP contribution is 2.40. The molecule has 1 N–H and O–H groups in total. The predicted molar refractivity (Wildman–Crippen MR) is 78.3 cm³/mol. The van der Waals surface area contributed by atoms with Gasteiger partial charge in [-0.25, -0.2) is 9.37 Å². The van der Waals surface area contributed by atoms with Crippen LogP contribution in [0.25, 0.3) is 10.9 Å². The third kappa shape index (κ3) is 2.12. The lowest BCUT2D eigenvalue weighted by Gasteiger charge is -2.23. The van der Waals surface area contributed by atoms with Gasteiger partial charge in [0.25, 0.3) is 0 Å². The number of pyridine rings is 1. The zero-order valence-corrected chi connectivity index (χ0v) is 11.9. The molecule has 0 radical (unpaired) electrons. The maximum absolute atomic E-state index is 14.2. The number of ether oxygens (including phenoxy) is 2. The van der Waals surface area contributed by atoms with Gasteiger partial charge in [-0.15, -0.1) is 0 Å². The molecule has 0 atom stereocenters. The molecule has 1 aliphatic heterocycles. The second-order valence-corrected chi connectivity index (χ2v) is 5.61. The monoisotopic (exact) mass is 288 g/mol. The Kier molecular flexibility index (Phi) is 2.96. The number of aromatic nitrogens is 1. The Balaban J connectivity index is 2.03. The zero-order valence-electron chi connectivity index (χ0n) is 11.9. The second-order valence-electron chi connectivity index (χ2n) is 5.61. The Labute approximate surface area is 122 Å². The summed E-state index contributed by atoms with van der Waals surface area (Å²) in [6.45, 7) is 1.16. The molecule has 4 nitrogen and oxygen atoms in total. The third-order valence-electron chi connectivity index (χ3n) is 4.11. The highest BCUT2D eigenvalue weighted by Gasteiger charge is 2.27. The van der Waals surface area contributed by atoms with Crippen LogP contribution in [-0.2, 0) is 17.8 Å². The van der Waals surface area contributed by atoms with E-state index < -0.39 is 0 Å². The number of methoxy groups -OCH3 is 1. The van der Waals surface area contributed by atoms with E-state index in [0.29, 0.717) is 30.5 Å². The molecular formula is C16H17FN2O2. The van der Waals surface area contributed by atoms with Crippen molar-refractivity contribution in [2.45, 2.75) is 31.9 Å². The molecule has 0 saturated heterocycles. The van der Waals surface area contributed by atoms with Crippen LogP contribution in [0.2, 0.25) is 0 Å². The van der Waals surface area contributed by atoms with Crippen molar-refractivity contribution in [2.75, 3.05) is 19.0 Å². The van der Waals surface area contributed by atoms with E-state index in [2.05, 4.69) is 10.3 Å². The van der Waals surface area contributed by atoms with E-state index in [0.717, 1.165) is 41.6 Å². The van der Waals surface area contributed by atoms with Crippen LogP contribution in [-0.4, -0.2) is 24.7 Å². The SMILES string of the molecule is COc1ccc(F)c2nc3c(c(NC4CC4)c12)COCC3. The maximum Gasteiger partial charge on any atom is 0.149 e. The van der Waals surface area contributed by atoms with Gasteiger partial charge in [0.05, 0.1) is 37.1 Å². The minimum absolute atomic E-state index is 0.307. The fourth-order valence-electron chi connectivity index (χ4n) is 2.86. The number of hydrogen-bond acceptors (Lipinski definition) is 4. The minimum Gasteiger partial charge on any atom is -0.496 e. The Bertz CT molecular complexity index is 713. The van der Waals surface area contributed by atoms with Crippen molar-refractivity contribution in [3.05, 3.63) is 29.2 Å². The molecule has 5 heteroatoms. The van der Waals surface area contributed by atoms with Crippen LogP contribution in [0.1, 0.15) is 24.1 Å². The molecule has 2 heterocycles. The van der Waals surface area contributed by atoms with Gasteiger partial charge in [-0.2, -0.15) is 0 Å². The third-order valence-corrected chi connectivity index (χ3v) is 4.11. The molecule has 21 heavy (non-hydrogen) atoms. The molecule has 0 spiro atoms. The zero-order chi connectivity index (χ0) is 14.4. The number of rotatable bonds is 3. The average Bonchev–Trinajstić information content (AvgIpc) is 3.32. The summed E-state index contributed by atoms with van der Waals surface area (Å²) in [5.41, 5.74) is 3.31. The van der Waals surface area contributed by atoms with Crippen LogP contribution >= 0.6 is 0 Å². The second kappa shape index (κ2) is 4.84. The van der Waals surface area contributed by atoms with Crippen molar-refractivity contribution in [2.24, 2.45) is 0 Å². The van der Waals surface area contributed by atoms with Crippen molar-refractivity contribution in [1.82, 2.24) is 4.98 Å². The van der Waals surface area contributed by atoms with Gasteiger partial charge in [0.1, 0.15) is 17.1 Å². The molecule has 4 rings (SSSR count). The molecule has 1 aromatic carbocycles. The van der Waals surface area contributed by atoms with E-state index in [1.165, 1.54) is 6.07 Å². The van der Waals surface area contributed by atoms with E-state index in [4.69, 9.17) is 9.47 Å². The van der Waals surface area contributed by atoms with E-state index >= 15 is 0 Å². The van der Waals surface area contributed by atoms with Gasteiger partial charge in [-0.3, -0.25) is 0 Å². The Morgan fingerprint density at radius 3 is 3.00 bits per heavy atom. The molecule has 1 aromatic heterocycles. The summed E-state index contributed by atoms with van der Waals surface area (Å²) in [7, 11) is 1.60. The number of anilines is 1. The fraction of sp³-hybridized carbons (Fsp3) is 0.438. The molecule has 0 amide bonds. The van der Waals surface area contributed by atoms with Gasteiger partial charge in [-0.05, 0) is 25.0 Å². The number of fused-ring (bicyclic) bond motifs is 2. The maximum atomic E-state index is 14.2. The predicted octanol–water partition coefficient (Wildman–Crippen LogP) is 3.03. The lowest BCUT2D eigenvalue weighted by Crippen LogP contribution is -2.16. The quantitative estimate of drug-likeness (QED) is 0.943. The summed E-state index contributed by atoms with van der Waals surface area (Å²) in [5, 5.41) is 4.25. The van der Waals surface area contributed by atoms with Gasteiger partial charge < -0.3 is 14.8 Å². The highest BCUT2D eigenvalue weighted by atomic mass is 19.1. The van der Waals surface area contributed by atoms with Crippen LogP contribution in [0.15, 0.2) is 12.1 Å².